The van der Waals surface area contributed by atoms with E-state index in [2.05, 4.69) is 15.9 Å². The summed E-state index contributed by atoms with van der Waals surface area (Å²) in [6.45, 7) is 0.480. The van der Waals surface area contributed by atoms with Gasteiger partial charge in [0.25, 0.3) is 5.69 Å². The summed E-state index contributed by atoms with van der Waals surface area (Å²) in [5.41, 5.74) is 5.81. The lowest BCUT2D eigenvalue weighted by Gasteiger charge is -2.03. The molecule has 1 unspecified atom stereocenters. The third-order valence-electron chi connectivity index (χ3n) is 2.14. The zero-order valence-corrected chi connectivity index (χ0v) is 11.5. The molecule has 94 valence electrons. The maximum absolute atomic E-state index is 11.7. The summed E-state index contributed by atoms with van der Waals surface area (Å²) in [4.78, 5) is 10.4. The van der Waals surface area contributed by atoms with Crippen molar-refractivity contribution in [2.24, 2.45) is 5.73 Å². The molecule has 1 atom stereocenters. The topological polar surface area (TPSA) is 86.2 Å². The van der Waals surface area contributed by atoms with Gasteiger partial charge in [0.1, 0.15) is 0 Å². The SMILES string of the molecule is NCCCS(=O)Cc1ccc(Br)cc1[N+](=O)[O-]. The van der Waals surface area contributed by atoms with Crippen LogP contribution in [-0.4, -0.2) is 21.4 Å². The number of hydrogen-bond acceptors (Lipinski definition) is 4. The van der Waals surface area contributed by atoms with Crippen molar-refractivity contribution in [3.63, 3.8) is 0 Å². The van der Waals surface area contributed by atoms with E-state index in [4.69, 9.17) is 5.73 Å². The summed E-state index contributed by atoms with van der Waals surface area (Å²) in [7, 11) is -1.10. The van der Waals surface area contributed by atoms with Gasteiger partial charge in [-0.1, -0.05) is 22.0 Å². The number of halogens is 1. The van der Waals surface area contributed by atoms with E-state index in [9.17, 15) is 14.3 Å². The average molecular weight is 321 g/mol. The number of nitrogens with zero attached hydrogens (tertiary/aromatic N) is 1. The Bertz CT molecular complexity index is 440. The molecule has 0 saturated heterocycles. The Labute approximate surface area is 110 Å². The van der Waals surface area contributed by atoms with Crippen LogP contribution in [0.25, 0.3) is 0 Å². The van der Waals surface area contributed by atoms with Gasteiger partial charge >= 0.3 is 0 Å². The molecule has 1 aromatic carbocycles. The van der Waals surface area contributed by atoms with E-state index in [-0.39, 0.29) is 11.4 Å². The van der Waals surface area contributed by atoms with E-state index in [1.807, 2.05) is 0 Å². The van der Waals surface area contributed by atoms with Crippen LogP contribution in [0.1, 0.15) is 12.0 Å². The van der Waals surface area contributed by atoms with Crippen LogP contribution in [0.5, 0.6) is 0 Å². The second kappa shape index (κ2) is 6.83. The number of nitro groups is 1. The molecule has 0 aromatic heterocycles. The van der Waals surface area contributed by atoms with E-state index >= 15 is 0 Å². The quantitative estimate of drug-likeness (QED) is 0.641. The van der Waals surface area contributed by atoms with Gasteiger partial charge in [-0.25, -0.2) is 0 Å². The first-order valence-electron chi connectivity index (χ1n) is 5.02. The molecule has 0 radical (unpaired) electrons. The standard InChI is InChI=1S/C10H13BrN2O3S/c11-9-3-2-8(10(6-9)13(14)15)7-17(16)5-1-4-12/h2-3,6H,1,4-5,7,12H2. The second-order valence-corrected chi connectivity index (χ2v) is 5.95. The third kappa shape index (κ3) is 4.53. The second-order valence-electron chi connectivity index (χ2n) is 3.46. The van der Waals surface area contributed by atoms with Crippen molar-refractivity contribution < 1.29 is 9.13 Å². The van der Waals surface area contributed by atoms with Crippen molar-refractivity contribution in [1.82, 2.24) is 0 Å². The summed E-state index contributed by atoms with van der Waals surface area (Å²) in [5.74, 6) is 0.674. The Hall–Kier alpha value is -0.790. The van der Waals surface area contributed by atoms with Gasteiger partial charge in [-0.05, 0) is 19.0 Å². The molecule has 5 nitrogen and oxygen atoms in total. The maximum Gasteiger partial charge on any atom is 0.274 e. The van der Waals surface area contributed by atoms with Crippen LogP contribution in [-0.2, 0) is 16.6 Å². The predicted octanol–water partition coefficient (Wildman–Crippen LogP) is 1.95. The van der Waals surface area contributed by atoms with E-state index in [1.54, 1.807) is 12.1 Å². The molecule has 0 spiro atoms. The first-order valence-corrected chi connectivity index (χ1v) is 7.30. The first-order chi connectivity index (χ1) is 8.04. The van der Waals surface area contributed by atoms with Gasteiger partial charge in [0.05, 0.1) is 10.7 Å². The molecule has 7 heteroatoms. The summed E-state index contributed by atoms with van der Waals surface area (Å²) in [6.07, 6.45) is 0.664. The maximum atomic E-state index is 11.7. The summed E-state index contributed by atoms with van der Waals surface area (Å²) in [6, 6.07) is 4.76. The highest BCUT2D eigenvalue weighted by Crippen LogP contribution is 2.24. The third-order valence-corrected chi connectivity index (χ3v) is 4.01. The number of rotatable bonds is 6. The predicted molar refractivity (Wildman–Crippen MR) is 71.2 cm³/mol. The molecule has 0 amide bonds. The Morgan fingerprint density at radius 2 is 2.18 bits per heavy atom. The molecule has 0 heterocycles. The Kier molecular flexibility index (Phi) is 5.73. The molecule has 1 aromatic rings. The monoisotopic (exact) mass is 320 g/mol. The fourth-order valence-electron chi connectivity index (χ4n) is 1.32. The van der Waals surface area contributed by atoms with E-state index in [0.29, 0.717) is 28.8 Å². The molecule has 17 heavy (non-hydrogen) atoms. The van der Waals surface area contributed by atoms with Crippen molar-refractivity contribution in [1.29, 1.82) is 0 Å². The van der Waals surface area contributed by atoms with Crippen LogP contribution in [0.15, 0.2) is 22.7 Å². The Balaban J connectivity index is 2.83. The highest BCUT2D eigenvalue weighted by Gasteiger charge is 2.15. The van der Waals surface area contributed by atoms with Crippen LogP contribution < -0.4 is 5.73 Å². The van der Waals surface area contributed by atoms with Crippen LogP contribution in [0, 0.1) is 10.1 Å². The molecule has 0 aliphatic heterocycles. The average Bonchev–Trinajstić information content (AvgIpc) is 2.28. The minimum absolute atomic E-state index is 0.000438. The van der Waals surface area contributed by atoms with Gasteiger partial charge in [0.2, 0.25) is 0 Å². The molecule has 0 saturated carbocycles. The van der Waals surface area contributed by atoms with Crippen molar-refractivity contribution in [3.05, 3.63) is 38.3 Å². The lowest BCUT2D eigenvalue weighted by Crippen LogP contribution is -2.08. The van der Waals surface area contributed by atoms with Gasteiger partial charge in [-0.15, -0.1) is 0 Å². The fraction of sp³-hybridized carbons (Fsp3) is 0.400. The van der Waals surface area contributed by atoms with Crippen molar-refractivity contribution in [3.8, 4) is 0 Å². The zero-order valence-electron chi connectivity index (χ0n) is 9.10. The molecule has 0 aliphatic rings. The van der Waals surface area contributed by atoms with Gasteiger partial charge in [-0.3, -0.25) is 14.3 Å². The van der Waals surface area contributed by atoms with Gasteiger partial charge in [0, 0.05) is 32.7 Å². The molecule has 2 N–H and O–H groups in total. The summed E-state index contributed by atoms with van der Waals surface area (Å²) in [5, 5.41) is 10.8. The van der Waals surface area contributed by atoms with Crippen LogP contribution in [0.3, 0.4) is 0 Å². The molecule has 0 bridgehead atoms. The smallest absolute Gasteiger partial charge is 0.274 e. The van der Waals surface area contributed by atoms with Gasteiger partial charge in [0.15, 0.2) is 0 Å². The van der Waals surface area contributed by atoms with Crippen LogP contribution in [0.2, 0.25) is 0 Å². The molecular formula is C10H13BrN2O3S. The lowest BCUT2D eigenvalue weighted by molar-refractivity contribution is -0.385. The minimum atomic E-state index is -1.10. The summed E-state index contributed by atoms with van der Waals surface area (Å²) < 4.78 is 12.3. The molecule has 1 rings (SSSR count). The van der Waals surface area contributed by atoms with Crippen LogP contribution >= 0.6 is 15.9 Å². The fourth-order valence-corrected chi connectivity index (χ4v) is 2.89. The molecular weight excluding hydrogens is 308 g/mol. The van der Waals surface area contributed by atoms with Gasteiger partial charge in [-0.2, -0.15) is 0 Å². The first kappa shape index (κ1) is 14.3. The minimum Gasteiger partial charge on any atom is -0.330 e. The van der Waals surface area contributed by atoms with Crippen LogP contribution in [0.4, 0.5) is 5.69 Å². The Morgan fingerprint density at radius 1 is 1.47 bits per heavy atom. The Morgan fingerprint density at radius 3 is 2.76 bits per heavy atom. The van der Waals surface area contributed by atoms with E-state index < -0.39 is 15.7 Å². The number of benzene rings is 1. The summed E-state index contributed by atoms with van der Waals surface area (Å²) >= 11 is 3.18. The van der Waals surface area contributed by atoms with E-state index in [1.165, 1.54) is 6.07 Å². The number of nitrogens with two attached hydrogens (primary N) is 1. The molecule has 0 fully saturated rings. The highest BCUT2D eigenvalue weighted by molar-refractivity contribution is 9.10. The van der Waals surface area contributed by atoms with E-state index in [0.717, 1.165) is 0 Å². The largest absolute Gasteiger partial charge is 0.330 e. The van der Waals surface area contributed by atoms with Gasteiger partial charge < -0.3 is 5.73 Å². The zero-order chi connectivity index (χ0) is 12.8. The molecule has 0 aliphatic carbocycles. The lowest BCUT2D eigenvalue weighted by atomic mass is 10.2. The van der Waals surface area contributed by atoms with Crippen molar-refractivity contribution in [2.75, 3.05) is 12.3 Å². The van der Waals surface area contributed by atoms with Crippen molar-refractivity contribution in [2.45, 2.75) is 12.2 Å². The highest BCUT2D eigenvalue weighted by atomic mass is 79.9. The van der Waals surface area contributed by atoms with Crippen molar-refractivity contribution >= 4 is 32.4 Å². The number of hydrogen-bond donors (Lipinski definition) is 1. The number of nitro benzene ring substituents is 1. The normalized spacial score (nSPS) is 12.4.